The van der Waals surface area contributed by atoms with Crippen LogP contribution in [-0.2, 0) is 20.2 Å². The van der Waals surface area contributed by atoms with Crippen LogP contribution in [-0.4, -0.2) is 33.2 Å². The Labute approximate surface area is 178 Å². The third-order valence-corrected chi connectivity index (χ3v) is 12.5. The molecule has 0 amide bonds. The van der Waals surface area contributed by atoms with Crippen LogP contribution < -0.4 is 4.78 Å². The lowest BCUT2D eigenvalue weighted by molar-refractivity contribution is 0.00578. The first-order valence-electron chi connectivity index (χ1n) is 10.8. The van der Waals surface area contributed by atoms with Crippen LogP contribution in [0.5, 0.6) is 0 Å². The van der Waals surface area contributed by atoms with Crippen molar-refractivity contribution in [2.45, 2.75) is 110 Å². The fourth-order valence-electron chi connectivity index (χ4n) is 2.91. The molecule has 3 nitrogen and oxygen atoms in total. The molecule has 0 N–H and O–H groups in total. The normalized spacial score (nSPS) is 19.4. The number of unbranched alkanes of at least 4 members (excludes halogenated alkanes) is 3. The van der Waals surface area contributed by atoms with Gasteiger partial charge in [-0.1, -0.05) is 39.7 Å². The van der Waals surface area contributed by atoms with Gasteiger partial charge in [0.25, 0.3) is 0 Å². The Hall–Kier alpha value is -0.138. The van der Waals surface area contributed by atoms with Crippen LogP contribution in [0, 0.1) is 0 Å². The molecule has 2 rings (SSSR count). The highest BCUT2D eigenvalue weighted by atomic mass is 32.1. The maximum Gasteiger partial charge on any atom is 0.505 e. The van der Waals surface area contributed by atoms with Gasteiger partial charge in [-0.25, -0.2) is 0 Å². The predicted octanol–water partition coefficient (Wildman–Crippen LogP) is 6.17. The van der Waals surface area contributed by atoms with E-state index in [9.17, 15) is 0 Å². The zero-order valence-corrected chi connectivity index (χ0v) is 21.4. The minimum Gasteiger partial charge on any atom is -0.417 e. The van der Waals surface area contributed by atoms with Crippen molar-refractivity contribution in [3.63, 3.8) is 0 Å². The van der Waals surface area contributed by atoms with Crippen LogP contribution in [0.15, 0.2) is 12.1 Å². The quantitative estimate of drug-likeness (QED) is 0.350. The Morgan fingerprint density at radius 2 is 1.54 bits per heavy atom. The van der Waals surface area contributed by atoms with Crippen LogP contribution in [0.4, 0.5) is 0 Å². The number of thiophene rings is 1. The summed E-state index contributed by atoms with van der Waals surface area (Å²) in [5.74, 6) is 0. The molecule has 2 heterocycles. The van der Waals surface area contributed by atoms with Crippen molar-refractivity contribution >= 4 is 31.5 Å². The highest BCUT2D eigenvalue weighted by Gasteiger charge is 2.52. The molecule has 0 aliphatic carbocycles. The summed E-state index contributed by atoms with van der Waals surface area (Å²) in [7, 11) is -1.80. The van der Waals surface area contributed by atoms with E-state index in [-0.39, 0.29) is 18.3 Å². The van der Waals surface area contributed by atoms with Crippen LogP contribution in [0.1, 0.15) is 79.0 Å². The number of rotatable bonds is 9. The third kappa shape index (κ3) is 5.94. The smallest absolute Gasteiger partial charge is 0.417 e. The fourth-order valence-corrected chi connectivity index (χ4v) is 5.01. The molecule has 160 valence electrons. The summed E-state index contributed by atoms with van der Waals surface area (Å²) < 4.78 is 19.8. The van der Waals surface area contributed by atoms with Gasteiger partial charge in [0.15, 0.2) is 8.32 Å². The molecule has 1 fully saturated rings. The Balaban J connectivity index is 1.66. The number of aryl methyl sites for hydroxylation is 1. The molecule has 0 aromatic carbocycles. The van der Waals surface area contributed by atoms with Gasteiger partial charge in [0.2, 0.25) is 0 Å². The second-order valence-electron chi connectivity index (χ2n) is 10.7. The van der Waals surface area contributed by atoms with Gasteiger partial charge in [0.05, 0.1) is 11.2 Å². The van der Waals surface area contributed by atoms with E-state index in [0.717, 1.165) is 13.0 Å². The molecule has 0 atom stereocenters. The molecule has 1 aliphatic heterocycles. The van der Waals surface area contributed by atoms with E-state index in [0.29, 0.717) is 5.04 Å². The summed E-state index contributed by atoms with van der Waals surface area (Å²) in [5.41, 5.74) is -0.539. The largest absolute Gasteiger partial charge is 0.505 e. The maximum absolute atomic E-state index is 6.27. The van der Waals surface area contributed by atoms with Crippen LogP contribution in [0.25, 0.3) is 0 Å². The van der Waals surface area contributed by atoms with Crippen molar-refractivity contribution in [2.24, 2.45) is 0 Å². The molecular formula is C22H41BO3SSi. The molecule has 1 aliphatic rings. The van der Waals surface area contributed by atoms with Crippen molar-refractivity contribution in [1.29, 1.82) is 0 Å². The monoisotopic (exact) mass is 424 g/mol. The van der Waals surface area contributed by atoms with E-state index in [1.807, 2.05) is 11.3 Å². The molecule has 0 unspecified atom stereocenters. The lowest BCUT2D eigenvalue weighted by atomic mass is 9.88. The van der Waals surface area contributed by atoms with E-state index in [2.05, 4.69) is 73.7 Å². The molecule has 1 aromatic heterocycles. The molecule has 0 bridgehead atoms. The summed E-state index contributed by atoms with van der Waals surface area (Å²) in [6, 6.07) is 4.42. The summed E-state index contributed by atoms with van der Waals surface area (Å²) in [4.78, 5) is 1.43. The SMILES string of the molecule is CC1(C)OB(c2ccc(CCCCCCO[Si](C)(C)C(C)(C)C)s2)OC1(C)C. The first-order valence-corrected chi connectivity index (χ1v) is 14.6. The van der Waals surface area contributed by atoms with Crippen molar-refractivity contribution < 1.29 is 13.7 Å². The van der Waals surface area contributed by atoms with Crippen molar-refractivity contribution in [2.75, 3.05) is 6.61 Å². The first-order chi connectivity index (χ1) is 12.8. The molecule has 1 saturated heterocycles. The van der Waals surface area contributed by atoms with Gasteiger partial charge in [-0.2, -0.15) is 0 Å². The average Bonchev–Trinajstić information content (AvgIpc) is 3.08. The van der Waals surface area contributed by atoms with Gasteiger partial charge in [0, 0.05) is 16.3 Å². The molecule has 0 radical (unpaired) electrons. The summed E-state index contributed by atoms with van der Waals surface area (Å²) in [5, 5.41) is 0.307. The van der Waals surface area contributed by atoms with Gasteiger partial charge in [-0.05, 0) is 71.2 Å². The van der Waals surface area contributed by atoms with Crippen molar-refractivity contribution in [1.82, 2.24) is 0 Å². The fraction of sp³-hybridized carbons (Fsp3) is 0.818. The Morgan fingerprint density at radius 1 is 0.964 bits per heavy atom. The average molecular weight is 425 g/mol. The van der Waals surface area contributed by atoms with E-state index < -0.39 is 8.32 Å². The summed E-state index contributed by atoms with van der Waals surface area (Å²) in [6.07, 6.45) is 6.08. The Kier molecular flexibility index (Phi) is 7.69. The summed E-state index contributed by atoms with van der Waals surface area (Å²) >= 11 is 1.84. The first kappa shape index (κ1) is 24.1. The molecule has 0 spiro atoms. The van der Waals surface area contributed by atoms with Crippen LogP contribution in [0.2, 0.25) is 18.1 Å². The minimum absolute atomic E-state index is 0.226. The molecule has 1 aromatic rings. The zero-order valence-electron chi connectivity index (χ0n) is 19.6. The number of hydrogen-bond acceptors (Lipinski definition) is 4. The Morgan fingerprint density at radius 3 is 2.11 bits per heavy atom. The maximum atomic E-state index is 6.27. The summed E-state index contributed by atoms with van der Waals surface area (Å²) in [6.45, 7) is 20.9. The Bertz CT molecular complexity index is 618. The minimum atomic E-state index is -1.58. The van der Waals surface area contributed by atoms with E-state index in [1.54, 1.807) is 0 Å². The zero-order chi connectivity index (χ0) is 21.2. The standard InChI is InChI=1S/C22H41BO3SSi/c1-20(2,3)28(8,9)24-17-13-11-10-12-14-18-15-16-19(27-18)23-25-21(4,5)22(6,7)26-23/h15-16H,10-14,17H2,1-9H3. The second-order valence-corrected chi connectivity index (χ2v) is 16.7. The lowest BCUT2D eigenvalue weighted by Crippen LogP contribution is -2.41. The molecular weight excluding hydrogens is 383 g/mol. The van der Waals surface area contributed by atoms with E-state index in [1.165, 1.54) is 35.3 Å². The van der Waals surface area contributed by atoms with Gasteiger partial charge < -0.3 is 13.7 Å². The lowest BCUT2D eigenvalue weighted by Gasteiger charge is -2.36. The second kappa shape index (κ2) is 8.93. The van der Waals surface area contributed by atoms with Gasteiger partial charge in [-0.3, -0.25) is 0 Å². The molecule has 6 heteroatoms. The van der Waals surface area contributed by atoms with Gasteiger partial charge in [0.1, 0.15) is 0 Å². The van der Waals surface area contributed by atoms with E-state index >= 15 is 0 Å². The van der Waals surface area contributed by atoms with Gasteiger partial charge in [-0.15, -0.1) is 11.3 Å². The van der Waals surface area contributed by atoms with Crippen LogP contribution in [0.3, 0.4) is 0 Å². The highest BCUT2D eigenvalue weighted by Crippen LogP contribution is 2.37. The number of hydrogen-bond donors (Lipinski definition) is 0. The molecule has 0 saturated carbocycles. The third-order valence-electron chi connectivity index (χ3n) is 6.75. The van der Waals surface area contributed by atoms with E-state index in [4.69, 9.17) is 13.7 Å². The molecule has 28 heavy (non-hydrogen) atoms. The van der Waals surface area contributed by atoms with Crippen molar-refractivity contribution in [3.8, 4) is 0 Å². The van der Waals surface area contributed by atoms with Crippen LogP contribution >= 0.6 is 11.3 Å². The predicted molar refractivity (Wildman–Crippen MR) is 125 cm³/mol. The van der Waals surface area contributed by atoms with Crippen molar-refractivity contribution in [3.05, 3.63) is 17.0 Å². The van der Waals surface area contributed by atoms with Gasteiger partial charge >= 0.3 is 7.12 Å². The highest BCUT2D eigenvalue weighted by molar-refractivity contribution is 7.22. The topological polar surface area (TPSA) is 27.7 Å².